The molecule has 0 spiro atoms. The maximum Gasteiger partial charge on any atom is 0.239 e. The number of amides is 1. The van der Waals surface area contributed by atoms with Crippen LogP contribution >= 0.6 is 11.6 Å². The lowest BCUT2D eigenvalue weighted by Gasteiger charge is -2.22. The van der Waals surface area contributed by atoms with Crippen molar-refractivity contribution in [1.29, 1.82) is 0 Å². The van der Waals surface area contributed by atoms with E-state index in [1.54, 1.807) is 23.1 Å². The normalized spacial score (nSPS) is 14.3. The lowest BCUT2D eigenvalue weighted by molar-refractivity contribution is -0.116. The standard InChI is InChI=1S/C15H13ClN4O/c16-10-6-7-12-13(8-10)20(11-4-2-1-3-5-11)15(21)9-14(18-12)19-17/h1-8H,9,17H2,(H,18,19). The summed E-state index contributed by atoms with van der Waals surface area (Å²) >= 11 is 6.07. The van der Waals surface area contributed by atoms with Crippen LogP contribution in [0.5, 0.6) is 0 Å². The first-order valence-electron chi connectivity index (χ1n) is 6.41. The predicted octanol–water partition coefficient (Wildman–Crippen LogP) is 2.90. The number of carbonyl (C=O) groups is 1. The minimum absolute atomic E-state index is 0.0949. The van der Waals surface area contributed by atoms with Crippen molar-refractivity contribution in [3.05, 3.63) is 53.6 Å². The number of para-hydroxylation sites is 1. The van der Waals surface area contributed by atoms with E-state index in [1.165, 1.54) is 0 Å². The number of benzene rings is 2. The number of nitrogens with two attached hydrogens (primary N) is 1. The number of rotatable bonds is 1. The van der Waals surface area contributed by atoms with Crippen LogP contribution < -0.4 is 16.2 Å². The summed E-state index contributed by atoms with van der Waals surface area (Å²) in [4.78, 5) is 18.6. The summed E-state index contributed by atoms with van der Waals surface area (Å²) in [5.74, 6) is 5.72. The second-order valence-corrected chi connectivity index (χ2v) is 5.01. The topological polar surface area (TPSA) is 70.7 Å². The number of aliphatic imine (C=N–C) groups is 1. The Bertz CT molecular complexity index is 715. The summed E-state index contributed by atoms with van der Waals surface area (Å²) in [7, 11) is 0. The first-order chi connectivity index (χ1) is 10.2. The smallest absolute Gasteiger partial charge is 0.239 e. The summed E-state index contributed by atoms with van der Waals surface area (Å²) in [6, 6.07) is 14.6. The molecule has 21 heavy (non-hydrogen) atoms. The molecule has 0 unspecified atom stereocenters. The van der Waals surface area contributed by atoms with Crippen molar-refractivity contribution >= 4 is 40.4 Å². The first kappa shape index (κ1) is 13.6. The molecule has 5 nitrogen and oxygen atoms in total. The van der Waals surface area contributed by atoms with Crippen molar-refractivity contribution < 1.29 is 4.79 Å². The Labute approximate surface area is 127 Å². The van der Waals surface area contributed by atoms with Crippen molar-refractivity contribution in [3.8, 4) is 0 Å². The second kappa shape index (κ2) is 5.55. The average Bonchev–Trinajstić information content (AvgIpc) is 2.63. The molecule has 0 saturated heterocycles. The number of nitrogens with one attached hydrogen (secondary N) is 1. The SMILES string of the molecule is NNC1=Nc2ccc(Cl)cc2N(c2ccccc2)C(=O)C1. The van der Waals surface area contributed by atoms with E-state index in [1.807, 2.05) is 30.3 Å². The molecule has 0 radical (unpaired) electrons. The van der Waals surface area contributed by atoms with Gasteiger partial charge in [0.25, 0.3) is 0 Å². The molecule has 2 aromatic carbocycles. The number of anilines is 2. The minimum atomic E-state index is -0.126. The largest absolute Gasteiger partial charge is 0.312 e. The summed E-state index contributed by atoms with van der Waals surface area (Å²) in [6.07, 6.45) is 0.0949. The number of carbonyl (C=O) groups excluding carboxylic acids is 1. The van der Waals surface area contributed by atoms with Gasteiger partial charge in [-0.15, -0.1) is 0 Å². The van der Waals surface area contributed by atoms with E-state index in [0.717, 1.165) is 5.69 Å². The minimum Gasteiger partial charge on any atom is -0.312 e. The molecule has 3 rings (SSSR count). The Morgan fingerprint density at radius 1 is 1.19 bits per heavy atom. The summed E-state index contributed by atoms with van der Waals surface area (Å²) in [6.45, 7) is 0. The summed E-state index contributed by atoms with van der Waals surface area (Å²) in [5, 5.41) is 0.543. The number of hydrogen-bond donors (Lipinski definition) is 2. The van der Waals surface area contributed by atoms with Gasteiger partial charge in [0.2, 0.25) is 5.91 Å². The highest BCUT2D eigenvalue weighted by molar-refractivity contribution is 6.31. The number of halogens is 1. The van der Waals surface area contributed by atoms with Crippen LogP contribution in [-0.4, -0.2) is 11.7 Å². The quantitative estimate of drug-likeness (QED) is 0.628. The Hall–Kier alpha value is -2.37. The van der Waals surface area contributed by atoms with Crippen molar-refractivity contribution in [2.75, 3.05) is 4.90 Å². The summed E-state index contributed by atoms with van der Waals surface area (Å²) in [5.41, 5.74) is 4.52. The monoisotopic (exact) mass is 300 g/mol. The molecular formula is C15H13ClN4O. The van der Waals surface area contributed by atoms with Gasteiger partial charge in [-0.25, -0.2) is 10.8 Å². The van der Waals surface area contributed by atoms with Crippen LogP contribution in [0.25, 0.3) is 0 Å². The molecule has 0 fully saturated rings. The lowest BCUT2D eigenvalue weighted by Crippen LogP contribution is -2.35. The van der Waals surface area contributed by atoms with Crippen molar-refractivity contribution in [2.24, 2.45) is 10.8 Å². The lowest BCUT2D eigenvalue weighted by atomic mass is 10.2. The molecule has 1 heterocycles. The highest BCUT2D eigenvalue weighted by Crippen LogP contribution is 2.38. The highest BCUT2D eigenvalue weighted by atomic mass is 35.5. The number of hydrazine groups is 1. The molecule has 0 bridgehead atoms. The summed E-state index contributed by atoms with van der Waals surface area (Å²) < 4.78 is 0. The molecule has 2 aromatic rings. The van der Waals surface area contributed by atoms with Gasteiger partial charge in [0.1, 0.15) is 5.84 Å². The zero-order chi connectivity index (χ0) is 14.8. The van der Waals surface area contributed by atoms with Gasteiger partial charge in [-0.1, -0.05) is 29.8 Å². The van der Waals surface area contributed by atoms with Crippen molar-refractivity contribution in [3.63, 3.8) is 0 Å². The fourth-order valence-corrected chi connectivity index (χ4v) is 2.42. The molecule has 1 amide bonds. The fourth-order valence-electron chi connectivity index (χ4n) is 2.26. The molecule has 0 saturated carbocycles. The Kier molecular flexibility index (Phi) is 3.60. The Morgan fingerprint density at radius 2 is 1.95 bits per heavy atom. The van der Waals surface area contributed by atoms with E-state index in [0.29, 0.717) is 22.2 Å². The average molecular weight is 301 g/mol. The third kappa shape index (κ3) is 2.61. The molecule has 0 aliphatic carbocycles. The molecule has 1 aliphatic rings. The van der Waals surface area contributed by atoms with Crippen LogP contribution in [0, 0.1) is 0 Å². The first-order valence-corrected chi connectivity index (χ1v) is 6.78. The maximum atomic E-state index is 12.6. The van der Waals surface area contributed by atoms with E-state index in [9.17, 15) is 4.79 Å². The maximum absolute atomic E-state index is 12.6. The van der Waals surface area contributed by atoms with E-state index >= 15 is 0 Å². The van der Waals surface area contributed by atoms with Gasteiger partial charge in [-0.05, 0) is 30.3 Å². The van der Waals surface area contributed by atoms with Crippen LogP contribution in [0.15, 0.2) is 53.5 Å². The molecule has 0 aromatic heterocycles. The van der Waals surface area contributed by atoms with Crippen LogP contribution in [0.2, 0.25) is 5.02 Å². The van der Waals surface area contributed by atoms with Crippen molar-refractivity contribution in [1.82, 2.24) is 5.43 Å². The zero-order valence-electron chi connectivity index (χ0n) is 11.1. The van der Waals surface area contributed by atoms with Gasteiger partial charge in [-0.3, -0.25) is 9.69 Å². The molecule has 3 N–H and O–H groups in total. The molecule has 6 heteroatoms. The van der Waals surface area contributed by atoms with Gasteiger partial charge in [0, 0.05) is 10.7 Å². The highest BCUT2D eigenvalue weighted by Gasteiger charge is 2.25. The molecule has 0 atom stereocenters. The number of hydrogen-bond acceptors (Lipinski definition) is 4. The van der Waals surface area contributed by atoms with Crippen molar-refractivity contribution in [2.45, 2.75) is 6.42 Å². The third-order valence-corrected chi connectivity index (χ3v) is 3.42. The second-order valence-electron chi connectivity index (χ2n) is 4.58. The third-order valence-electron chi connectivity index (χ3n) is 3.18. The van der Waals surface area contributed by atoms with E-state index in [2.05, 4.69) is 10.4 Å². The number of amidine groups is 1. The van der Waals surface area contributed by atoms with Gasteiger partial charge < -0.3 is 5.43 Å². The van der Waals surface area contributed by atoms with Crippen LogP contribution in [0.4, 0.5) is 17.1 Å². The molecule has 1 aliphatic heterocycles. The van der Waals surface area contributed by atoms with Crippen LogP contribution in [0.3, 0.4) is 0 Å². The number of fused-ring (bicyclic) bond motifs is 1. The fraction of sp³-hybridized carbons (Fsp3) is 0.0667. The van der Waals surface area contributed by atoms with Gasteiger partial charge in [-0.2, -0.15) is 0 Å². The van der Waals surface area contributed by atoms with Crippen LogP contribution in [0.1, 0.15) is 6.42 Å². The van der Waals surface area contributed by atoms with E-state index < -0.39 is 0 Å². The van der Waals surface area contributed by atoms with Gasteiger partial charge in [0.15, 0.2) is 0 Å². The Morgan fingerprint density at radius 3 is 2.67 bits per heavy atom. The predicted molar refractivity (Wildman–Crippen MR) is 84.1 cm³/mol. The van der Waals surface area contributed by atoms with Gasteiger partial charge >= 0.3 is 0 Å². The van der Waals surface area contributed by atoms with E-state index in [4.69, 9.17) is 17.4 Å². The van der Waals surface area contributed by atoms with E-state index in [-0.39, 0.29) is 12.3 Å². The van der Waals surface area contributed by atoms with Crippen LogP contribution in [-0.2, 0) is 4.79 Å². The number of nitrogens with zero attached hydrogens (tertiary/aromatic N) is 2. The molecular weight excluding hydrogens is 288 g/mol. The Balaban J connectivity index is 2.19. The van der Waals surface area contributed by atoms with Gasteiger partial charge in [0.05, 0.1) is 17.8 Å². The zero-order valence-corrected chi connectivity index (χ0v) is 11.8. The molecule has 106 valence electrons.